The van der Waals surface area contributed by atoms with Gasteiger partial charge in [-0.25, -0.2) is 0 Å². The molecule has 108 valence electrons. The maximum Gasteiger partial charge on any atom is 0.184 e. The highest BCUT2D eigenvalue weighted by atomic mass is 32.1. The number of hydrogen-bond donors (Lipinski definition) is 2. The largest absolute Gasteiger partial charge is 0.489 e. The molecule has 0 heterocycles. The molecule has 0 saturated heterocycles. The second-order valence-corrected chi connectivity index (χ2v) is 5.02. The summed E-state index contributed by atoms with van der Waals surface area (Å²) in [4.78, 5) is 0. The Morgan fingerprint density at radius 2 is 2.05 bits per heavy atom. The van der Waals surface area contributed by atoms with E-state index in [-0.39, 0.29) is 5.11 Å². The molecule has 0 aliphatic rings. The molecule has 2 aromatic rings. The van der Waals surface area contributed by atoms with Gasteiger partial charge in [-0.05, 0) is 54.5 Å². The van der Waals surface area contributed by atoms with E-state index < -0.39 is 0 Å². The van der Waals surface area contributed by atoms with Gasteiger partial charge < -0.3 is 10.5 Å². The smallest absolute Gasteiger partial charge is 0.184 e. The average Bonchev–Trinajstić information content (AvgIpc) is 2.46. The number of nitrogens with zero attached hydrogens (tertiary/aromatic N) is 1. The molecule has 2 aromatic carbocycles. The van der Waals surface area contributed by atoms with Crippen molar-refractivity contribution in [3.05, 3.63) is 65.2 Å². The minimum Gasteiger partial charge on any atom is -0.489 e. The predicted molar refractivity (Wildman–Crippen MR) is 89.5 cm³/mol. The summed E-state index contributed by atoms with van der Waals surface area (Å²) in [5.41, 5.74) is 11.1. The number of rotatable bonds is 5. The molecule has 21 heavy (non-hydrogen) atoms. The summed E-state index contributed by atoms with van der Waals surface area (Å²) in [6.07, 6.45) is 1.64. The van der Waals surface area contributed by atoms with E-state index in [0.717, 1.165) is 16.9 Å². The van der Waals surface area contributed by atoms with Crippen LogP contribution in [-0.4, -0.2) is 11.3 Å². The van der Waals surface area contributed by atoms with Crippen LogP contribution in [0.2, 0.25) is 0 Å². The molecule has 4 nitrogen and oxygen atoms in total. The van der Waals surface area contributed by atoms with E-state index in [2.05, 4.69) is 47.9 Å². The Kier molecular flexibility index (Phi) is 5.29. The lowest BCUT2D eigenvalue weighted by Crippen LogP contribution is -2.23. The molecule has 0 bridgehead atoms. The van der Waals surface area contributed by atoms with Crippen LogP contribution in [0.25, 0.3) is 0 Å². The monoisotopic (exact) mass is 299 g/mol. The van der Waals surface area contributed by atoms with Crippen molar-refractivity contribution < 1.29 is 4.74 Å². The molecule has 0 fully saturated rings. The van der Waals surface area contributed by atoms with Gasteiger partial charge in [-0.1, -0.05) is 29.8 Å². The van der Waals surface area contributed by atoms with E-state index >= 15 is 0 Å². The third kappa shape index (κ3) is 5.24. The van der Waals surface area contributed by atoms with E-state index in [1.807, 2.05) is 30.3 Å². The van der Waals surface area contributed by atoms with Gasteiger partial charge in [-0.3, -0.25) is 5.43 Å². The van der Waals surface area contributed by atoms with Gasteiger partial charge in [0.15, 0.2) is 5.11 Å². The summed E-state index contributed by atoms with van der Waals surface area (Å²) < 4.78 is 5.74. The maximum absolute atomic E-state index is 5.74. The molecule has 0 radical (unpaired) electrons. The first kappa shape index (κ1) is 15.0. The highest BCUT2D eigenvalue weighted by molar-refractivity contribution is 7.80. The topological polar surface area (TPSA) is 59.6 Å². The third-order valence-corrected chi connectivity index (χ3v) is 2.85. The van der Waals surface area contributed by atoms with Crippen LogP contribution in [0.1, 0.15) is 16.7 Å². The summed E-state index contributed by atoms with van der Waals surface area (Å²) in [6, 6.07) is 15.9. The van der Waals surface area contributed by atoms with Crippen LogP contribution in [0.4, 0.5) is 0 Å². The molecule has 0 saturated carbocycles. The number of thiocarbonyl (C=S) groups is 1. The zero-order chi connectivity index (χ0) is 15.1. The SMILES string of the molecule is Cc1cccc(COc2ccc(/C=N\NC(N)=S)cc2)c1. The van der Waals surface area contributed by atoms with Crippen LogP contribution in [-0.2, 0) is 6.61 Å². The molecule has 0 spiro atoms. The van der Waals surface area contributed by atoms with Crippen LogP contribution in [0.5, 0.6) is 5.75 Å². The molecule has 0 aromatic heterocycles. The van der Waals surface area contributed by atoms with Crippen LogP contribution in [0.3, 0.4) is 0 Å². The second-order valence-electron chi connectivity index (χ2n) is 4.58. The van der Waals surface area contributed by atoms with Crippen molar-refractivity contribution in [3.63, 3.8) is 0 Å². The lowest BCUT2D eigenvalue weighted by molar-refractivity contribution is 0.306. The van der Waals surface area contributed by atoms with Crippen LogP contribution in [0.15, 0.2) is 53.6 Å². The number of nitrogens with two attached hydrogens (primary N) is 1. The second kappa shape index (κ2) is 7.40. The Hall–Kier alpha value is -2.40. The highest BCUT2D eigenvalue weighted by Crippen LogP contribution is 2.14. The number of benzene rings is 2. The van der Waals surface area contributed by atoms with Gasteiger partial charge in [0.2, 0.25) is 0 Å². The number of ether oxygens (including phenoxy) is 1. The van der Waals surface area contributed by atoms with Gasteiger partial charge in [0.05, 0.1) is 6.21 Å². The van der Waals surface area contributed by atoms with Gasteiger partial charge in [0.25, 0.3) is 0 Å². The first-order valence-corrected chi connectivity index (χ1v) is 6.91. The Balaban J connectivity index is 1.90. The molecule has 0 atom stereocenters. The minimum absolute atomic E-state index is 0.143. The highest BCUT2D eigenvalue weighted by Gasteiger charge is 1.97. The van der Waals surface area contributed by atoms with Crippen molar-refractivity contribution in [1.29, 1.82) is 0 Å². The quantitative estimate of drug-likeness (QED) is 0.506. The molecule has 3 N–H and O–H groups in total. The summed E-state index contributed by atoms with van der Waals surface area (Å²) in [6.45, 7) is 2.62. The standard InChI is InChI=1S/C16H17N3OS/c1-12-3-2-4-14(9-12)11-20-15-7-5-13(6-8-15)10-18-19-16(17)21/h2-10H,11H2,1H3,(H3,17,19,21)/b18-10-. The summed E-state index contributed by atoms with van der Waals surface area (Å²) >= 11 is 4.65. The van der Waals surface area contributed by atoms with Crippen LogP contribution >= 0.6 is 12.2 Å². The van der Waals surface area contributed by atoms with Crippen molar-refractivity contribution in [3.8, 4) is 5.75 Å². The fraction of sp³-hybridized carbons (Fsp3) is 0.125. The Morgan fingerprint density at radius 3 is 2.71 bits per heavy atom. The summed E-state index contributed by atoms with van der Waals surface area (Å²) in [7, 11) is 0. The van der Waals surface area contributed by atoms with Gasteiger partial charge in [-0.2, -0.15) is 5.10 Å². The fourth-order valence-electron chi connectivity index (χ4n) is 1.79. The normalized spacial score (nSPS) is 10.5. The molecule has 0 unspecified atom stereocenters. The number of aryl methyl sites for hydroxylation is 1. The molecular weight excluding hydrogens is 282 g/mol. The van der Waals surface area contributed by atoms with Crippen molar-refractivity contribution in [2.75, 3.05) is 0 Å². The van der Waals surface area contributed by atoms with Gasteiger partial charge in [-0.15, -0.1) is 0 Å². The van der Waals surface area contributed by atoms with E-state index in [1.165, 1.54) is 5.56 Å². The lowest BCUT2D eigenvalue weighted by atomic mass is 10.1. The first-order chi connectivity index (χ1) is 10.1. The molecule has 0 amide bonds. The number of nitrogens with one attached hydrogen (secondary N) is 1. The van der Waals surface area contributed by atoms with Crippen LogP contribution in [0, 0.1) is 6.92 Å². The average molecular weight is 299 g/mol. The van der Waals surface area contributed by atoms with Crippen molar-refractivity contribution in [2.45, 2.75) is 13.5 Å². The van der Waals surface area contributed by atoms with E-state index in [0.29, 0.717) is 6.61 Å². The van der Waals surface area contributed by atoms with Crippen molar-refractivity contribution in [2.24, 2.45) is 10.8 Å². The number of hydrogen-bond acceptors (Lipinski definition) is 3. The molecule has 0 aliphatic heterocycles. The molecule has 2 rings (SSSR count). The van der Waals surface area contributed by atoms with Gasteiger partial charge in [0.1, 0.15) is 12.4 Å². The third-order valence-electron chi connectivity index (χ3n) is 2.76. The maximum atomic E-state index is 5.74. The van der Waals surface area contributed by atoms with Crippen LogP contribution < -0.4 is 15.9 Å². The van der Waals surface area contributed by atoms with Crippen molar-refractivity contribution >= 4 is 23.5 Å². The van der Waals surface area contributed by atoms with E-state index in [9.17, 15) is 0 Å². The Bertz CT molecular complexity index is 638. The summed E-state index contributed by atoms with van der Waals surface area (Å²) in [5, 5.41) is 4.03. The fourth-order valence-corrected chi connectivity index (χ4v) is 1.84. The zero-order valence-corrected chi connectivity index (χ0v) is 12.6. The van der Waals surface area contributed by atoms with Crippen molar-refractivity contribution in [1.82, 2.24) is 5.43 Å². The molecule has 5 heteroatoms. The van der Waals surface area contributed by atoms with Gasteiger partial charge >= 0.3 is 0 Å². The van der Waals surface area contributed by atoms with Gasteiger partial charge in [0, 0.05) is 0 Å². The molecule has 0 aliphatic carbocycles. The number of hydrazone groups is 1. The Labute approximate surface area is 129 Å². The van der Waals surface area contributed by atoms with E-state index in [1.54, 1.807) is 6.21 Å². The molecular formula is C16H17N3OS. The predicted octanol–water partition coefficient (Wildman–Crippen LogP) is 2.74. The first-order valence-electron chi connectivity index (χ1n) is 6.50. The Morgan fingerprint density at radius 1 is 1.29 bits per heavy atom. The minimum atomic E-state index is 0.143. The zero-order valence-electron chi connectivity index (χ0n) is 11.7. The lowest BCUT2D eigenvalue weighted by Gasteiger charge is -2.07. The van der Waals surface area contributed by atoms with E-state index in [4.69, 9.17) is 10.5 Å². The summed E-state index contributed by atoms with van der Waals surface area (Å²) in [5.74, 6) is 0.816.